The van der Waals surface area contributed by atoms with Crippen LogP contribution in [0.2, 0.25) is 0 Å². The van der Waals surface area contributed by atoms with Crippen molar-refractivity contribution in [2.45, 2.75) is 38.2 Å². The summed E-state index contributed by atoms with van der Waals surface area (Å²) >= 11 is 0. The van der Waals surface area contributed by atoms with Gasteiger partial charge in [-0.05, 0) is 36.1 Å². The number of hydrogen-bond acceptors (Lipinski definition) is 3. The van der Waals surface area contributed by atoms with Gasteiger partial charge >= 0.3 is 0 Å². The number of amides is 1. The molecule has 1 fully saturated rings. The lowest BCUT2D eigenvalue weighted by Gasteiger charge is -2.26. The summed E-state index contributed by atoms with van der Waals surface area (Å²) in [6.45, 7) is 5.79. The third kappa shape index (κ3) is 4.64. The Hall–Kier alpha value is -2.33. The summed E-state index contributed by atoms with van der Waals surface area (Å²) in [6.07, 6.45) is 2.24. The molecule has 4 heteroatoms. The first kappa shape index (κ1) is 18.5. The summed E-state index contributed by atoms with van der Waals surface area (Å²) < 4.78 is 11.1. The zero-order chi connectivity index (χ0) is 18.4. The van der Waals surface area contributed by atoms with Gasteiger partial charge in [-0.3, -0.25) is 4.79 Å². The Morgan fingerprint density at radius 2 is 1.81 bits per heavy atom. The lowest BCUT2D eigenvalue weighted by Crippen LogP contribution is -2.35. The zero-order valence-electron chi connectivity index (χ0n) is 15.5. The molecule has 4 nitrogen and oxygen atoms in total. The van der Waals surface area contributed by atoms with Gasteiger partial charge in [0.05, 0.1) is 6.10 Å². The maximum atomic E-state index is 11.9. The Labute approximate surface area is 155 Å². The number of ether oxygens (including phenoxy) is 2. The second-order valence-electron chi connectivity index (χ2n) is 7.24. The van der Waals surface area contributed by atoms with Crippen molar-refractivity contribution in [3.8, 4) is 5.75 Å². The highest BCUT2D eigenvalue weighted by molar-refractivity contribution is 5.77. The average molecular weight is 353 g/mol. The maximum absolute atomic E-state index is 11.9. The van der Waals surface area contributed by atoms with Gasteiger partial charge in [-0.15, -0.1) is 0 Å². The standard InChI is InChI=1S/C22H27NO3/c1-22(2,17-7-4-3-5-8-17)18-10-12-19(13-11-18)26-16-21(24)23-15-20-9-6-14-25-20/h3-5,7-8,10-13,20H,6,9,14-16H2,1-2H3,(H,23,24). The van der Waals surface area contributed by atoms with Gasteiger partial charge < -0.3 is 14.8 Å². The minimum Gasteiger partial charge on any atom is -0.484 e. The van der Waals surface area contributed by atoms with E-state index in [-0.39, 0.29) is 24.0 Å². The van der Waals surface area contributed by atoms with Crippen LogP contribution < -0.4 is 10.1 Å². The lowest BCUT2D eigenvalue weighted by atomic mass is 9.78. The first-order valence-corrected chi connectivity index (χ1v) is 9.23. The molecule has 0 radical (unpaired) electrons. The van der Waals surface area contributed by atoms with E-state index in [1.807, 2.05) is 18.2 Å². The van der Waals surface area contributed by atoms with Crippen LogP contribution in [0.5, 0.6) is 5.75 Å². The van der Waals surface area contributed by atoms with Crippen LogP contribution in [-0.2, 0) is 14.9 Å². The van der Waals surface area contributed by atoms with Crippen molar-refractivity contribution in [3.05, 3.63) is 65.7 Å². The third-order valence-electron chi connectivity index (χ3n) is 4.99. The smallest absolute Gasteiger partial charge is 0.258 e. The Kier molecular flexibility index (Phi) is 5.94. The Bertz CT molecular complexity index is 704. The van der Waals surface area contributed by atoms with Gasteiger partial charge in [0.15, 0.2) is 6.61 Å². The number of benzene rings is 2. The fourth-order valence-electron chi connectivity index (χ4n) is 3.22. The topological polar surface area (TPSA) is 47.6 Å². The van der Waals surface area contributed by atoms with Crippen molar-refractivity contribution in [1.29, 1.82) is 0 Å². The molecule has 1 atom stereocenters. The minimum absolute atomic E-state index is 0.0220. The molecule has 26 heavy (non-hydrogen) atoms. The molecule has 1 unspecified atom stereocenters. The summed E-state index contributed by atoms with van der Waals surface area (Å²) in [5, 5.41) is 2.86. The second-order valence-corrected chi connectivity index (χ2v) is 7.24. The number of carbonyl (C=O) groups is 1. The van der Waals surface area contributed by atoms with Crippen molar-refractivity contribution in [2.24, 2.45) is 0 Å². The Morgan fingerprint density at radius 1 is 1.12 bits per heavy atom. The van der Waals surface area contributed by atoms with E-state index < -0.39 is 0 Å². The van der Waals surface area contributed by atoms with Crippen molar-refractivity contribution in [1.82, 2.24) is 5.32 Å². The second kappa shape index (κ2) is 8.37. The molecule has 1 amide bonds. The molecule has 1 N–H and O–H groups in total. The van der Waals surface area contributed by atoms with Gasteiger partial charge in [-0.2, -0.15) is 0 Å². The summed E-state index contributed by atoms with van der Waals surface area (Å²) in [7, 11) is 0. The predicted molar refractivity (Wildman–Crippen MR) is 102 cm³/mol. The first-order chi connectivity index (χ1) is 12.6. The first-order valence-electron chi connectivity index (χ1n) is 9.23. The number of nitrogens with one attached hydrogen (secondary N) is 1. The van der Waals surface area contributed by atoms with E-state index in [1.165, 1.54) is 11.1 Å². The summed E-state index contributed by atoms with van der Waals surface area (Å²) in [4.78, 5) is 11.9. The van der Waals surface area contributed by atoms with E-state index in [4.69, 9.17) is 9.47 Å². The van der Waals surface area contributed by atoms with Gasteiger partial charge in [0.2, 0.25) is 0 Å². The molecule has 0 spiro atoms. The highest BCUT2D eigenvalue weighted by Gasteiger charge is 2.22. The van der Waals surface area contributed by atoms with E-state index >= 15 is 0 Å². The van der Waals surface area contributed by atoms with Crippen molar-refractivity contribution >= 4 is 5.91 Å². The molecule has 0 bridgehead atoms. The molecule has 138 valence electrons. The van der Waals surface area contributed by atoms with E-state index in [0.29, 0.717) is 12.3 Å². The monoisotopic (exact) mass is 353 g/mol. The SMILES string of the molecule is CC(C)(c1ccccc1)c1ccc(OCC(=O)NCC2CCCO2)cc1. The number of rotatable bonds is 7. The van der Waals surface area contributed by atoms with Crippen molar-refractivity contribution in [2.75, 3.05) is 19.8 Å². The highest BCUT2D eigenvalue weighted by Crippen LogP contribution is 2.32. The fraction of sp³-hybridized carbons (Fsp3) is 0.409. The average Bonchev–Trinajstić information content (AvgIpc) is 3.19. The lowest BCUT2D eigenvalue weighted by molar-refractivity contribution is -0.123. The van der Waals surface area contributed by atoms with Gasteiger partial charge in [-0.1, -0.05) is 56.3 Å². The Balaban J connectivity index is 1.52. The van der Waals surface area contributed by atoms with Crippen LogP contribution in [0.4, 0.5) is 0 Å². The molecule has 3 rings (SSSR count). The molecule has 1 heterocycles. The summed E-state index contributed by atoms with van der Waals surface area (Å²) in [5.41, 5.74) is 2.39. The van der Waals surface area contributed by atoms with Crippen LogP contribution in [0, 0.1) is 0 Å². The molecule has 1 saturated heterocycles. The van der Waals surface area contributed by atoms with Crippen LogP contribution in [0.3, 0.4) is 0 Å². The molecule has 1 aliphatic rings. The minimum atomic E-state index is -0.116. The molecule has 0 aliphatic carbocycles. The van der Waals surface area contributed by atoms with Gasteiger partial charge in [0.1, 0.15) is 5.75 Å². The molecule has 0 aromatic heterocycles. The molecule has 2 aromatic carbocycles. The highest BCUT2D eigenvalue weighted by atomic mass is 16.5. The molecular formula is C22H27NO3. The van der Waals surface area contributed by atoms with E-state index in [1.54, 1.807) is 0 Å². The van der Waals surface area contributed by atoms with Crippen LogP contribution >= 0.6 is 0 Å². The van der Waals surface area contributed by atoms with E-state index in [2.05, 4.69) is 55.6 Å². The van der Waals surface area contributed by atoms with Gasteiger partial charge in [-0.25, -0.2) is 0 Å². The van der Waals surface area contributed by atoms with E-state index in [9.17, 15) is 4.79 Å². The summed E-state index contributed by atoms with van der Waals surface area (Å²) in [6, 6.07) is 18.4. The van der Waals surface area contributed by atoms with Crippen LogP contribution in [0.15, 0.2) is 54.6 Å². The molecule has 0 saturated carbocycles. The normalized spacial score (nSPS) is 17.1. The molecule has 1 aliphatic heterocycles. The Morgan fingerprint density at radius 3 is 2.46 bits per heavy atom. The maximum Gasteiger partial charge on any atom is 0.258 e. The zero-order valence-corrected chi connectivity index (χ0v) is 15.5. The van der Waals surface area contributed by atoms with Crippen LogP contribution in [0.25, 0.3) is 0 Å². The van der Waals surface area contributed by atoms with Crippen molar-refractivity contribution in [3.63, 3.8) is 0 Å². The fourth-order valence-corrected chi connectivity index (χ4v) is 3.22. The van der Waals surface area contributed by atoms with Crippen LogP contribution in [-0.4, -0.2) is 31.8 Å². The van der Waals surface area contributed by atoms with Crippen LogP contribution in [0.1, 0.15) is 37.8 Å². The van der Waals surface area contributed by atoms with Gasteiger partial charge in [0, 0.05) is 18.6 Å². The summed E-state index contributed by atoms with van der Waals surface area (Å²) in [5.74, 6) is 0.582. The number of carbonyl (C=O) groups excluding carboxylic acids is 1. The quantitative estimate of drug-likeness (QED) is 0.826. The third-order valence-corrected chi connectivity index (χ3v) is 4.99. The predicted octanol–water partition coefficient (Wildman–Crippen LogP) is 3.69. The molecular weight excluding hydrogens is 326 g/mol. The van der Waals surface area contributed by atoms with E-state index in [0.717, 1.165) is 19.4 Å². The van der Waals surface area contributed by atoms with Crippen molar-refractivity contribution < 1.29 is 14.3 Å². The molecule has 2 aromatic rings. The largest absolute Gasteiger partial charge is 0.484 e. The number of hydrogen-bond donors (Lipinski definition) is 1. The van der Waals surface area contributed by atoms with Gasteiger partial charge in [0.25, 0.3) is 5.91 Å².